The van der Waals surface area contributed by atoms with Crippen LogP contribution in [0.3, 0.4) is 0 Å². The topological polar surface area (TPSA) is 193 Å². The van der Waals surface area contributed by atoms with E-state index in [1.807, 2.05) is 146 Å². The fraction of sp³-hybridized carbons (Fsp3) is 0. The summed E-state index contributed by atoms with van der Waals surface area (Å²) in [6.45, 7) is 0. The largest absolute Gasteiger partial charge is 0.256 e. The van der Waals surface area contributed by atoms with Gasteiger partial charge in [-0.3, -0.25) is 29.9 Å². The number of hydrogen-bond acceptors (Lipinski definition) is 15. The van der Waals surface area contributed by atoms with Gasteiger partial charge in [0.05, 0.1) is 33.1 Å². The van der Waals surface area contributed by atoms with Crippen LogP contribution in [0.2, 0.25) is 0 Å². The van der Waals surface area contributed by atoms with Crippen molar-refractivity contribution in [2.75, 3.05) is 0 Å². The van der Waals surface area contributed by atoms with Gasteiger partial charge < -0.3 is 0 Å². The standard InChI is InChI=1S/C49H31N5.C45H29N5.C39H25N5/c1-2-10-39-32(8-1)9-7-13-40(39)33-16-22-36(23-17-33)47-52-48(37-24-18-34(19-25-37)41-28-30-50-45-14-5-3-11-43(41)45)54-49(53-47)38-26-20-35(21-27-38)42-29-31-51-46-15-6-4-12-44(42)46;1-2-8-30(9-3-1)31-14-20-34(21-15-31)43-48-44(35-22-16-32(17-23-35)37-26-28-46-41-12-6-4-10-39(37)41)50-45(49-43)36-24-18-33(19-25-36)38-27-29-47-42-13-7-5-11-40(38)42;1-2-8-30(9-3-1)37-42-38(31-20-16-26(17-21-31)33-14-4-10-28-12-6-24-40-35(28)33)44-39(43-37)32-22-18-27(19-23-32)34-15-5-11-29-13-7-25-41-36(29)34/h1-31H;1-29H;1-25H. The Balaban J connectivity index is 0.000000116. The number of para-hydroxylation sites is 6. The molecule has 0 radical (unpaired) electrons. The van der Waals surface area contributed by atoms with Gasteiger partial charge in [-0.05, 0) is 149 Å². The van der Waals surface area contributed by atoms with E-state index >= 15 is 0 Å². The van der Waals surface area contributed by atoms with E-state index in [4.69, 9.17) is 44.9 Å². The molecule has 0 aliphatic rings. The van der Waals surface area contributed by atoms with Gasteiger partial charge in [0.1, 0.15) is 0 Å². The predicted molar refractivity (Wildman–Crippen MR) is 601 cm³/mol. The molecule has 148 heavy (non-hydrogen) atoms. The Labute approximate surface area is 853 Å². The summed E-state index contributed by atoms with van der Waals surface area (Å²) < 4.78 is 0. The first-order valence-electron chi connectivity index (χ1n) is 49.1. The highest BCUT2D eigenvalue weighted by atomic mass is 15.1. The van der Waals surface area contributed by atoms with Crippen molar-refractivity contribution in [1.29, 1.82) is 0 Å². The maximum atomic E-state index is 5.06. The zero-order valence-electron chi connectivity index (χ0n) is 79.8. The van der Waals surface area contributed by atoms with Crippen molar-refractivity contribution < 1.29 is 0 Å². The number of hydrogen-bond donors (Lipinski definition) is 0. The van der Waals surface area contributed by atoms with Crippen LogP contribution in [0, 0.1) is 0 Å². The lowest BCUT2D eigenvalue weighted by molar-refractivity contribution is 1.07. The Morgan fingerprint density at radius 3 is 0.581 bits per heavy atom. The Kier molecular flexibility index (Phi) is 24.1. The van der Waals surface area contributed by atoms with E-state index in [9.17, 15) is 0 Å². The van der Waals surface area contributed by atoms with E-state index in [0.717, 1.165) is 193 Å². The third kappa shape index (κ3) is 18.3. The van der Waals surface area contributed by atoms with Gasteiger partial charge >= 0.3 is 0 Å². The SMILES string of the molecule is c1ccc(-c2ccc(-c3nc(-c4ccc(-c5ccnc6ccccc56)cc4)nc(-c4ccc(-c5ccnc6ccccc56)cc4)n3)cc2)cc1.c1ccc(-c2nc(-c3ccc(-c4cccc5cccnc45)cc3)nc(-c3ccc(-c4cccc5cccnc45)cc3)n2)cc1.c1ccc2c(-c3ccc(-c4nc(-c5ccc(-c6ccnc7ccccc67)cc5)nc(-c5ccc(-c6ccnc7ccccc67)cc5)n4)cc3)cccc2c1. The van der Waals surface area contributed by atoms with Crippen molar-refractivity contribution in [3.63, 3.8) is 0 Å². The van der Waals surface area contributed by atoms with Gasteiger partial charge in [-0.2, -0.15) is 0 Å². The minimum atomic E-state index is 0.614. The van der Waals surface area contributed by atoms with Crippen molar-refractivity contribution in [3.8, 4) is 192 Å². The van der Waals surface area contributed by atoms with Gasteiger partial charge in [0.2, 0.25) is 0 Å². The molecule has 0 saturated heterocycles. The second-order valence-electron chi connectivity index (χ2n) is 36.1. The first kappa shape index (κ1) is 89.1. The average molecular weight is 1890 g/mol. The van der Waals surface area contributed by atoms with Gasteiger partial charge in [-0.15, -0.1) is 0 Å². The molecule has 0 saturated carbocycles. The van der Waals surface area contributed by atoms with Crippen LogP contribution in [0.15, 0.2) is 516 Å². The molecular formula is C133H85N15. The van der Waals surface area contributed by atoms with Crippen LogP contribution >= 0.6 is 0 Å². The number of benzene rings is 18. The predicted octanol–water partition coefficient (Wildman–Crippen LogP) is 32.4. The van der Waals surface area contributed by atoms with Crippen molar-refractivity contribution in [2.24, 2.45) is 0 Å². The van der Waals surface area contributed by atoms with Gasteiger partial charge in [-0.1, -0.05) is 419 Å². The molecule has 0 aliphatic heterocycles. The summed E-state index contributed by atoms with van der Waals surface area (Å²) in [7, 11) is 0. The van der Waals surface area contributed by atoms with Crippen LogP contribution in [0.25, 0.3) is 268 Å². The lowest BCUT2D eigenvalue weighted by atomic mass is 9.97. The molecule has 0 aliphatic carbocycles. The molecule has 27 rings (SSSR count). The summed E-state index contributed by atoms with van der Waals surface area (Å²) in [6, 6.07) is 165. The first-order chi connectivity index (χ1) is 73.3. The lowest BCUT2D eigenvalue weighted by Gasteiger charge is -2.11. The highest BCUT2D eigenvalue weighted by Crippen LogP contribution is 2.41. The van der Waals surface area contributed by atoms with Crippen LogP contribution in [-0.2, 0) is 0 Å². The molecule has 0 fully saturated rings. The molecule has 0 bridgehead atoms. The van der Waals surface area contributed by atoms with E-state index in [0.29, 0.717) is 52.4 Å². The number of fused-ring (bicyclic) bond motifs is 7. The summed E-state index contributed by atoms with van der Waals surface area (Å²) in [6.07, 6.45) is 11.1. The Bertz CT molecular complexity index is 8950. The molecule has 18 aromatic carbocycles. The van der Waals surface area contributed by atoms with Crippen molar-refractivity contribution in [1.82, 2.24) is 74.8 Å². The second-order valence-corrected chi connectivity index (χ2v) is 36.1. The average Bonchev–Trinajstić information content (AvgIpc) is 0.765. The Morgan fingerprint density at radius 2 is 0.291 bits per heavy atom. The van der Waals surface area contributed by atoms with E-state index in [-0.39, 0.29) is 0 Å². The fourth-order valence-electron chi connectivity index (χ4n) is 19.5. The smallest absolute Gasteiger partial charge is 0.164 e. The van der Waals surface area contributed by atoms with Crippen LogP contribution in [0.1, 0.15) is 0 Å². The van der Waals surface area contributed by atoms with Gasteiger partial charge in [-0.25, -0.2) is 44.9 Å². The number of pyridine rings is 6. The zero-order chi connectivity index (χ0) is 98.4. The van der Waals surface area contributed by atoms with Gasteiger partial charge in [0.15, 0.2) is 52.4 Å². The van der Waals surface area contributed by atoms with Crippen molar-refractivity contribution in [2.45, 2.75) is 0 Å². The number of aromatic nitrogens is 15. The van der Waals surface area contributed by atoms with Crippen LogP contribution in [0.5, 0.6) is 0 Å². The van der Waals surface area contributed by atoms with Crippen LogP contribution in [-0.4, -0.2) is 74.8 Å². The fourth-order valence-corrected chi connectivity index (χ4v) is 19.5. The molecule has 9 heterocycles. The zero-order valence-corrected chi connectivity index (χ0v) is 79.8. The number of nitrogens with zero attached hydrogens (tertiary/aromatic N) is 15. The van der Waals surface area contributed by atoms with Crippen LogP contribution < -0.4 is 0 Å². The summed E-state index contributed by atoms with van der Waals surface area (Å²) >= 11 is 0. The molecule has 15 nitrogen and oxygen atoms in total. The Hall–Kier alpha value is -20.3. The third-order valence-corrected chi connectivity index (χ3v) is 27.0. The highest BCUT2D eigenvalue weighted by molar-refractivity contribution is 6.02. The molecule has 15 heteroatoms. The molecule has 0 spiro atoms. The van der Waals surface area contributed by atoms with E-state index < -0.39 is 0 Å². The normalized spacial score (nSPS) is 11.2. The maximum absolute atomic E-state index is 5.06. The summed E-state index contributed by atoms with van der Waals surface area (Å²) in [5, 5.41) is 9.16. The maximum Gasteiger partial charge on any atom is 0.164 e. The number of rotatable bonds is 17. The van der Waals surface area contributed by atoms with Crippen LogP contribution in [0.4, 0.5) is 0 Å². The lowest BCUT2D eigenvalue weighted by Crippen LogP contribution is -2.00. The molecule has 0 unspecified atom stereocenters. The molecule has 0 N–H and O–H groups in total. The highest BCUT2D eigenvalue weighted by Gasteiger charge is 2.22. The van der Waals surface area contributed by atoms with Crippen molar-refractivity contribution >= 4 is 76.2 Å². The van der Waals surface area contributed by atoms with E-state index in [2.05, 4.69) is 400 Å². The Morgan fingerprint density at radius 1 is 0.101 bits per heavy atom. The third-order valence-electron chi connectivity index (χ3n) is 27.0. The monoisotopic (exact) mass is 1890 g/mol. The molecule has 692 valence electrons. The van der Waals surface area contributed by atoms with Gasteiger partial charge in [0, 0.05) is 131 Å². The van der Waals surface area contributed by atoms with Crippen molar-refractivity contribution in [3.05, 3.63) is 516 Å². The van der Waals surface area contributed by atoms with Gasteiger partial charge in [0.25, 0.3) is 0 Å². The van der Waals surface area contributed by atoms with E-state index in [1.54, 1.807) is 0 Å². The molecule has 27 aromatic rings. The quantitative estimate of drug-likeness (QED) is 0.0835. The molecular weight excluding hydrogens is 1810 g/mol. The minimum absolute atomic E-state index is 0.614. The molecule has 0 atom stereocenters. The second kappa shape index (κ2) is 40.0. The first-order valence-corrected chi connectivity index (χ1v) is 49.1. The van der Waals surface area contributed by atoms with E-state index in [1.165, 1.54) is 21.9 Å². The molecule has 0 amide bonds. The summed E-state index contributed by atoms with van der Waals surface area (Å²) in [5.74, 6) is 5.59. The summed E-state index contributed by atoms with van der Waals surface area (Å²) in [5.41, 5.74) is 32.1. The minimum Gasteiger partial charge on any atom is -0.256 e. The summed E-state index contributed by atoms with van der Waals surface area (Å²) in [4.78, 5) is 72.5. The molecule has 9 aromatic heterocycles.